The third kappa shape index (κ3) is 4.34. The molecule has 0 radical (unpaired) electrons. The summed E-state index contributed by atoms with van der Waals surface area (Å²) in [5, 5.41) is 7.88. The van der Waals surface area contributed by atoms with Crippen LogP contribution in [-0.2, 0) is 12.8 Å². The molecule has 29 heavy (non-hydrogen) atoms. The van der Waals surface area contributed by atoms with Crippen molar-refractivity contribution in [2.24, 2.45) is 0 Å². The van der Waals surface area contributed by atoms with Gasteiger partial charge in [-0.3, -0.25) is 4.79 Å². The molecule has 0 fully saturated rings. The molecule has 1 heterocycles. The predicted molar refractivity (Wildman–Crippen MR) is 115 cm³/mol. The molecule has 1 aliphatic rings. The molecule has 0 atom stereocenters. The molecule has 0 aliphatic heterocycles. The molecule has 0 bridgehead atoms. The number of hydrogen-bond donors (Lipinski definition) is 1. The maximum absolute atomic E-state index is 13.0. The number of nitrogens with one attached hydrogen (secondary N) is 1. The van der Waals surface area contributed by atoms with Crippen molar-refractivity contribution in [3.63, 3.8) is 0 Å². The van der Waals surface area contributed by atoms with Gasteiger partial charge in [0.05, 0.1) is 18.0 Å². The van der Waals surface area contributed by atoms with E-state index in [2.05, 4.69) is 12.2 Å². The van der Waals surface area contributed by atoms with Crippen LogP contribution in [0.5, 0.6) is 5.75 Å². The number of carbonyl (C=O) groups is 1. The fraction of sp³-hybridized carbons (Fsp3) is 0.333. The van der Waals surface area contributed by atoms with E-state index in [1.165, 1.54) is 0 Å². The van der Waals surface area contributed by atoms with Crippen LogP contribution in [-0.4, -0.2) is 22.3 Å². The van der Waals surface area contributed by atoms with Gasteiger partial charge in [0.15, 0.2) is 0 Å². The first kappa shape index (κ1) is 19.2. The summed E-state index contributed by atoms with van der Waals surface area (Å²) in [6, 6.07) is 17.3. The third-order valence-electron chi connectivity index (χ3n) is 5.25. The van der Waals surface area contributed by atoms with Crippen molar-refractivity contribution in [3.8, 4) is 11.4 Å². The Morgan fingerprint density at radius 1 is 1.10 bits per heavy atom. The monoisotopic (exact) mass is 389 g/mol. The Kier molecular flexibility index (Phi) is 5.94. The summed E-state index contributed by atoms with van der Waals surface area (Å²) in [4.78, 5) is 13.0. The van der Waals surface area contributed by atoms with Crippen LogP contribution in [0.2, 0.25) is 0 Å². The van der Waals surface area contributed by atoms with E-state index in [4.69, 9.17) is 9.84 Å². The van der Waals surface area contributed by atoms with Crippen LogP contribution in [0.3, 0.4) is 0 Å². The molecule has 5 heteroatoms. The minimum Gasteiger partial charge on any atom is -0.494 e. The fourth-order valence-corrected chi connectivity index (χ4v) is 3.73. The molecule has 2 aromatic carbocycles. The van der Waals surface area contributed by atoms with Crippen LogP contribution in [0.25, 0.3) is 5.69 Å². The largest absolute Gasteiger partial charge is 0.494 e. The summed E-state index contributed by atoms with van der Waals surface area (Å²) in [7, 11) is 0. The maximum atomic E-state index is 13.0. The zero-order valence-electron chi connectivity index (χ0n) is 16.9. The van der Waals surface area contributed by atoms with Gasteiger partial charge in [0.1, 0.15) is 11.6 Å². The summed E-state index contributed by atoms with van der Waals surface area (Å²) in [5.41, 5.74) is 3.77. The molecule has 0 spiro atoms. The van der Waals surface area contributed by atoms with Gasteiger partial charge in [-0.15, -0.1) is 0 Å². The molecule has 3 aromatic rings. The Balaban J connectivity index is 1.55. The zero-order chi connectivity index (χ0) is 20.1. The number of nitrogens with zero attached hydrogens (tertiary/aromatic N) is 2. The van der Waals surface area contributed by atoms with E-state index in [1.54, 1.807) is 0 Å². The van der Waals surface area contributed by atoms with Gasteiger partial charge in [0.2, 0.25) is 0 Å². The Labute approximate surface area is 171 Å². The summed E-state index contributed by atoms with van der Waals surface area (Å²) < 4.78 is 7.66. The van der Waals surface area contributed by atoms with Crippen LogP contribution in [0.15, 0.2) is 54.6 Å². The molecular weight excluding hydrogens is 362 g/mol. The number of benzene rings is 2. The molecule has 0 saturated carbocycles. The van der Waals surface area contributed by atoms with Crippen molar-refractivity contribution < 1.29 is 9.53 Å². The van der Waals surface area contributed by atoms with Crippen LogP contribution in [0.1, 0.15) is 54.2 Å². The minimum absolute atomic E-state index is 0.143. The second-order valence-electron chi connectivity index (χ2n) is 7.41. The van der Waals surface area contributed by atoms with Gasteiger partial charge in [0.25, 0.3) is 5.91 Å². The van der Waals surface area contributed by atoms with Gasteiger partial charge >= 0.3 is 0 Å². The zero-order valence-corrected chi connectivity index (χ0v) is 16.9. The number of aromatic nitrogens is 2. The van der Waals surface area contributed by atoms with E-state index in [0.717, 1.165) is 67.0 Å². The van der Waals surface area contributed by atoms with Crippen LogP contribution in [0.4, 0.5) is 5.82 Å². The maximum Gasteiger partial charge on any atom is 0.256 e. The lowest BCUT2D eigenvalue weighted by Crippen LogP contribution is -2.16. The van der Waals surface area contributed by atoms with Gasteiger partial charge in [-0.05, 0) is 56.0 Å². The van der Waals surface area contributed by atoms with Crippen molar-refractivity contribution in [2.75, 3.05) is 11.9 Å². The summed E-state index contributed by atoms with van der Waals surface area (Å²) >= 11 is 0. The number of hydrogen-bond acceptors (Lipinski definition) is 3. The van der Waals surface area contributed by atoms with E-state index in [-0.39, 0.29) is 5.91 Å². The second kappa shape index (κ2) is 8.95. The molecule has 5 nitrogen and oxygen atoms in total. The number of anilines is 1. The van der Waals surface area contributed by atoms with E-state index in [0.29, 0.717) is 12.2 Å². The topological polar surface area (TPSA) is 56.1 Å². The number of para-hydroxylation sites is 1. The van der Waals surface area contributed by atoms with Gasteiger partial charge in [-0.1, -0.05) is 44.0 Å². The number of amides is 1. The highest BCUT2D eigenvalue weighted by molar-refractivity contribution is 6.04. The Hall–Kier alpha value is -3.08. The van der Waals surface area contributed by atoms with Crippen LogP contribution < -0.4 is 10.1 Å². The quantitative estimate of drug-likeness (QED) is 0.540. The Morgan fingerprint density at radius 2 is 1.97 bits per heavy atom. The van der Waals surface area contributed by atoms with Crippen LogP contribution >= 0.6 is 0 Å². The van der Waals surface area contributed by atoms with E-state index < -0.39 is 0 Å². The first-order valence-electron chi connectivity index (χ1n) is 10.5. The molecule has 0 saturated heterocycles. The highest BCUT2D eigenvalue weighted by Crippen LogP contribution is 2.31. The van der Waals surface area contributed by atoms with Gasteiger partial charge in [-0.25, -0.2) is 4.68 Å². The van der Waals surface area contributed by atoms with Crippen molar-refractivity contribution in [1.29, 1.82) is 0 Å². The molecule has 150 valence electrons. The molecular formula is C24H27N3O2. The average Bonchev–Trinajstić information content (AvgIpc) is 3.35. The lowest BCUT2D eigenvalue weighted by Gasteiger charge is -2.12. The van der Waals surface area contributed by atoms with E-state index >= 15 is 0 Å². The van der Waals surface area contributed by atoms with Crippen LogP contribution in [0, 0.1) is 0 Å². The number of ether oxygens (including phenoxy) is 1. The number of carbonyl (C=O) groups excluding carboxylic acids is 1. The molecule has 1 aliphatic carbocycles. The molecule has 1 amide bonds. The summed E-state index contributed by atoms with van der Waals surface area (Å²) in [6.07, 6.45) is 6.31. The highest BCUT2D eigenvalue weighted by Gasteiger charge is 2.24. The Morgan fingerprint density at radius 3 is 2.79 bits per heavy atom. The van der Waals surface area contributed by atoms with Crippen molar-refractivity contribution in [3.05, 3.63) is 71.4 Å². The summed E-state index contributed by atoms with van der Waals surface area (Å²) in [5.74, 6) is 1.37. The number of aryl methyl sites for hydroxylation is 1. The normalized spacial score (nSPS) is 12.6. The second-order valence-corrected chi connectivity index (χ2v) is 7.41. The van der Waals surface area contributed by atoms with E-state index in [9.17, 15) is 4.79 Å². The third-order valence-corrected chi connectivity index (χ3v) is 5.25. The lowest BCUT2D eigenvalue weighted by molar-refractivity contribution is 0.102. The molecule has 0 unspecified atom stereocenters. The van der Waals surface area contributed by atoms with E-state index in [1.807, 2.05) is 59.3 Å². The highest BCUT2D eigenvalue weighted by atomic mass is 16.5. The van der Waals surface area contributed by atoms with Gasteiger partial charge in [-0.2, -0.15) is 5.10 Å². The van der Waals surface area contributed by atoms with Gasteiger partial charge < -0.3 is 10.1 Å². The minimum atomic E-state index is -0.143. The molecule has 1 N–H and O–H groups in total. The van der Waals surface area contributed by atoms with Crippen molar-refractivity contribution >= 4 is 11.7 Å². The number of unbranched alkanes of at least 4 members (excludes halogenated alkanes) is 2. The fourth-order valence-electron chi connectivity index (χ4n) is 3.73. The van der Waals surface area contributed by atoms with Crippen molar-refractivity contribution in [1.82, 2.24) is 9.78 Å². The number of fused-ring (bicyclic) bond motifs is 1. The molecule has 4 rings (SSSR count). The average molecular weight is 389 g/mol. The first-order valence-corrected chi connectivity index (χ1v) is 10.5. The lowest BCUT2D eigenvalue weighted by atomic mass is 10.2. The smallest absolute Gasteiger partial charge is 0.256 e. The SMILES string of the molecule is CCCCCOc1cccc(C(=O)Nc2c3c(nn2-c2ccccc2)CCC3)c1. The molecule has 1 aromatic heterocycles. The Bertz CT molecular complexity index is 979. The number of rotatable bonds is 8. The van der Waals surface area contributed by atoms with Gasteiger partial charge in [0, 0.05) is 11.1 Å². The van der Waals surface area contributed by atoms with Crippen molar-refractivity contribution in [2.45, 2.75) is 45.4 Å². The first-order chi connectivity index (χ1) is 14.3. The summed E-state index contributed by atoms with van der Waals surface area (Å²) in [6.45, 7) is 2.84. The standard InChI is InChI=1S/C24H27N3O2/c1-2-3-7-16-29-20-13-8-10-18(17-20)24(28)25-23-21-14-9-15-22(21)26-27(23)19-11-5-4-6-12-19/h4-6,8,10-13,17H,2-3,7,9,14-16H2,1H3,(H,25,28). The predicted octanol–water partition coefficient (Wildman–Crippen LogP) is 5.18.